The van der Waals surface area contributed by atoms with E-state index in [4.69, 9.17) is 0 Å². The van der Waals surface area contributed by atoms with Crippen LogP contribution in [0.25, 0.3) is 0 Å². The molecule has 0 radical (unpaired) electrons. The van der Waals surface area contributed by atoms with Gasteiger partial charge in [-0.25, -0.2) is 4.39 Å². The van der Waals surface area contributed by atoms with Crippen molar-refractivity contribution >= 4 is 0 Å². The second kappa shape index (κ2) is 3.33. The van der Waals surface area contributed by atoms with Crippen LogP contribution in [0.5, 0.6) is 0 Å². The average Bonchev–Trinajstić information content (AvgIpc) is 1.88. The number of halogens is 1. The van der Waals surface area contributed by atoms with Gasteiger partial charge in [-0.1, -0.05) is 6.92 Å². The first-order chi connectivity index (χ1) is 4.70. The first-order valence-corrected chi connectivity index (χ1v) is 4.05. The van der Waals surface area contributed by atoms with E-state index in [1.807, 2.05) is 0 Å². The van der Waals surface area contributed by atoms with Gasteiger partial charge in [-0.15, -0.1) is 0 Å². The van der Waals surface area contributed by atoms with E-state index in [1.165, 1.54) is 0 Å². The summed E-state index contributed by atoms with van der Waals surface area (Å²) in [7, 11) is 0. The van der Waals surface area contributed by atoms with Gasteiger partial charge in [-0.05, 0) is 25.8 Å². The van der Waals surface area contributed by atoms with Crippen molar-refractivity contribution in [2.75, 3.05) is 13.1 Å². The van der Waals surface area contributed by atoms with Crippen LogP contribution in [0.15, 0.2) is 0 Å². The summed E-state index contributed by atoms with van der Waals surface area (Å²) >= 11 is 0. The fraction of sp³-hybridized carbons (Fsp3) is 1.00. The first kappa shape index (κ1) is 7.99. The minimum atomic E-state index is -0.643. The fourth-order valence-corrected chi connectivity index (χ4v) is 1.55. The molecule has 0 aromatic rings. The second-order valence-corrected chi connectivity index (χ2v) is 3.44. The van der Waals surface area contributed by atoms with Gasteiger partial charge in [0.1, 0.15) is 6.17 Å². The van der Waals surface area contributed by atoms with Gasteiger partial charge in [0.2, 0.25) is 0 Å². The van der Waals surface area contributed by atoms with E-state index in [9.17, 15) is 4.39 Å². The van der Waals surface area contributed by atoms with Crippen molar-refractivity contribution in [3.63, 3.8) is 0 Å². The second-order valence-electron chi connectivity index (χ2n) is 3.44. The third-order valence-electron chi connectivity index (χ3n) is 2.25. The van der Waals surface area contributed by atoms with E-state index in [-0.39, 0.29) is 5.92 Å². The summed E-state index contributed by atoms with van der Waals surface area (Å²) < 4.78 is 12.7. The normalized spacial score (nSPS) is 37.5. The minimum Gasteiger partial charge on any atom is -0.316 e. The molecule has 1 aliphatic rings. The zero-order valence-electron chi connectivity index (χ0n) is 6.73. The molecule has 1 heterocycles. The van der Waals surface area contributed by atoms with Crippen LogP contribution in [-0.4, -0.2) is 19.3 Å². The Kier molecular flexibility index (Phi) is 2.66. The summed E-state index contributed by atoms with van der Waals surface area (Å²) in [5.74, 6) is 0.903. The van der Waals surface area contributed by atoms with Crippen LogP contribution in [0.4, 0.5) is 4.39 Å². The average molecular weight is 145 g/mol. The Morgan fingerprint density at radius 1 is 1.50 bits per heavy atom. The van der Waals surface area contributed by atoms with Crippen molar-refractivity contribution in [3.05, 3.63) is 0 Å². The van der Waals surface area contributed by atoms with Gasteiger partial charge in [0, 0.05) is 12.5 Å². The molecule has 0 aliphatic carbocycles. The highest BCUT2D eigenvalue weighted by Gasteiger charge is 2.22. The molecule has 3 unspecified atom stereocenters. The van der Waals surface area contributed by atoms with Gasteiger partial charge >= 0.3 is 0 Å². The number of hydrogen-bond acceptors (Lipinski definition) is 1. The molecule has 0 saturated carbocycles. The standard InChI is InChI=1S/C8H16FN/c1-6-3-8(7(2)9)5-10-4-6/h6-8,10H,3-5H2,1-2H3. The first-order valence-electron chi connectivity index (χ1n) is 4.05. The van der Waals surface area contributed by atoms with Crippen molar-refractivity contribution in [2.24, 2.45) is 11.8 Å². The van der Waals surface area contributed by atoms with Crippen molar-refractivity contribution in [2.45, 2.75) is 26.4 Å². The molecule has 1 rings (SSSR count). The summed E-state index contributed by atoms with van der Waals surface area (Å²) in [6, 6.07) is 0. The van der Waals surface area contributed by atoms with Gasteiger partial charge < -0.3 is 5.32 Å². The molecule has 1 N–H and O–H groups in total. The van der Waals surface area contributed by atoms with Crippen LogP contribution in [0, 0.1) is 11.8 Å². The molecule has 0 aromatic heterocycles. The predicted molar refractivity (Wildman–Crippen MR) is 40.7 cm³/mol. The number of hydrogen-bond donors (Lipinski definition) is 1. The van der Waals surface area contributed by atoms with E-state index in [1.54, 1.807) is 6.92 Å². The third-order valence-corrected chi connectivity index (χ3v) is 2.25. The molecule has 1 fully saturated rings. The molecule has 0 spiro atoms. The molecule has 1 aliphatic heterocycles. The van der Waals surface area contributed by atoms with Gasteiger partial charge in [-0.2, -0.15) is 0 Å². The van der Waals surface area contributed by atoms with Crippen LogP contribution in [0.3, 0.4) is 0 Å². The van der Waals surface area contributed by atoms with Crippen LogP contribution in [0.2, 0.25) is 0 Å². The monoisotopic (exact) mass is 145 g/mol. The molecule has 0 amide bonds. The lowest BCUT2D eigenvalue weighted by Gasteiger charge is -2.28. The predicted octanol–water partition coefficient (Wildman–Crippen LogP) is 1.59. The smallest absolute Gasteiger partial charge is 0.101 e. The number of alkyl halides is 1. The molecular formula is C8H16FN. The Hall–Kier alpha value is -0.110. The summed E-state index contributed by atoms with van der Waals surface area (Å²) in [6.07, 6.45) is 0.403. The SMILES string of the molecule is CC1CNCC(C(C)F)C1. The van der Waals surface area contributed by atoms with E-state index >= 15 is 0 Å². The molecular weight excluding hydrogens is 129 g/mol. The van der Waals surface area contributed by atoms with Crippen molar-refractivity contribution in [1.29, 1.82) is 0 Å². The zero-order valence-corrected chi connectivity index (χ0v) is 6.73. The molecule has 10 heavy (non-hydrogen) atoms. The lowest BCUT2D eigenvalue weighted by molar-refractivity contribution is 0.181. The lowest BCUT2D eigenvalue weighted by atomic mass is 9.89. The quantitative estimate of drug-likeness (QED) is 0.591. The molecule has 3 atom stereocenters. The lowest BCUT2D eigenvalue weighted by Crippen LogP contribution is -2.38. The highest BCUT2D eigenvalue weighted by molar-refractivity contribution is 4.76. The summed E-state index contributed by atoms with van der Waals surface area (Å²) in [5, 5.41) is 3.23. The number of rotatable bonds is 1. The van der Waals surface area contributed by atoms with E-state index in [0.717, 1.165) is 19.5 Å². The third kappa shape index (κ3) is 1.94. The number of piperidine rings is 1. The van der Waals surface area contributed by atoms with Crippen LogP contribution >= 0.6 is 0 Å². The van der Waals surface area contributed by atoms with Gasteiger partial charge in [0.05, 0.1) is 0 Å². The van der Waals surface area contributed by atoms with Crippen LogP contribution in [0.1, 0.15) is 20.3 Å². The topological polar surface area (TPSA) is 12.0 Å². The Balaban J connectivity index is 2.32. The maximum Gasteiger partial charge on any atom is 0.101 e. The molecule has 1 saturated heterocycles. The zero-order chi connectivity index (χ0) is 7.56. The largest absolute Gasteiger partial charge is 0.316 e. The molecule has 0 aromatic carbocycles. The highest BCUT2D eigenvalue weighted by atomic mass is 19.1. The Bertz CT molecular complexity index is 103. The maximum atomic E-state index is 12.7. The molecule has 2 heteroatoms. The summed E-state index contributed by atoms with van der Waals surface area (Å²) in [4.78, 5) is 0. The van der Waals surface area contributed by atoms with Gasteiger partial charge in [-0.3, -0.25) is 0 Å². The summed E-state index contributed by atoms with van der Waals surface area (Å²) in [6.45, 7) is 5.75. The van der Waals surface area contributed by atoms with Crippen LogP contribution in [-0.2, 0) is 0 Å². The van der Waals surface area contributed by atoms with E-state index in [2.05, 4.69) is 12.2 Å². The molecule has 0 bridgehead atoms. The van der Waals surface area contributed by atoms with Crippen molar-refractivity contribution < 1.29 is 4.39 Å². The Morgan fingerprint density at radius 3 is 2.60 bits per heavy atom. The minimum absolute atomic E-state index is 0.253. The van der Waals surface area contributed by atoms with E-state index in [0.29, 0.717) is 5.92 Å². The van der Waals surface area contributed by atoms with Crippen molar-refractivity contribution in [1.82, 2.24) is 5.32 Å². The summed E-state index contributed by atoms with van der Waals surface area (Å²) in [5.41, 5.74) is 0. The van der Waals surface area contributed by atoms with Gasteiger partial charge in [0.15, 0.2) is 0 Å². The van der Waals surface area contributed by atoms with Crippen molar-refractivity contribution in [3.8, 4) is 0 Å². The Labute approximate surface area is 62.0 Å². The maximum absolute atomic E-state index is 12.7. The van der Waals surface area contributed by atoms with Crippen LogP contribution < -0.4 is 5.32 Å². The molecule has 60 valence electrons. The fourth-order valence-electron chi connectivity index (χ4n) is 1.55. The molecule has 1 nitrogen and oxygen atoms in total. The van der Waals surface area contributed by atoms with E-state index < -0.39 is 6.17 Å². The Morgan fingerprint density at radius 2 is 2.20 bits per heavy atom. The van der Waals surface area contributed by atoms with Gasteiger partial charge in [0.25, 0.3) is 0 Å². The highest BCUT2D eigenvalue weighted by Crippen LogP contribution is 2.20. The number of nitrogens with one attached hydrogen (secondary N) is 1.